The maximum atomic E-state index is 11.7. The first-order valence-corrected chi connectivity index (χ1v) is 5.82. The number of nitrogens with zero attached hydrogens (tertiary/aromatic N) is 2. The van der Waals surface area contributed by atoms with E-state index in [0.717, 1.165) is 6.42 Å². The molecule has 17 heavy (non-hydrogen) atoms. The van der Waals surface area contributed by atoms with Crippen molar-refractivity contribution in [2.45, 2.75) is 12.5 Å². The molecule has 0 aliphatic carbocycles. The highest BCUT2D eigenvalue weighted by atomic mass is 16.2. The van der Waals surface area contributed by atoms with Crippen molar-refractivity contribution in [2.24, 2.45) is 0 Å². The molecule has 2 rings (SSSR count). The van der Waals surface area contributed by atoms with Gasteiger partial charge in [0, 0.05) is 26.8 Å². The third-order valence-electron chi connectivity index (χ3n) is 3.14. The Kier molecular flexibility index (Phi) is 3.33. The molecule has 0 radical (unpaired) electrons. The monoisotopic (exact) mass is 233 g/mol. The second kappa shape index (κ2) is 4.75. The van der Waals surface area contributed by atoms with E-state index < -0.39 is 0 Å². The van der Waals surface area contributed by atoms with Crippen molar-refractivity contribution >= 4 is 11.6 Å². The van der Waals surface area contributed by atoms with Gasteiger partial charge in [-0.05, 0) is 24.1 Å². The highest BCUT2D eigenvalue weighted by molar-refractivity contribution is 5.83. The molecule has 1 fully saturated rings. The number of likely N-dealkylation sites (N-methyl/N-ethyl adjacent to an activating group) is 1. The van der Waals surface area contributed by atoms with E-state index in [4.69, 9.17) is 0 Å². The molecule has 4 heteroatoms. The van der Waals surface area contributed by atoms with Crippen LogP contribution in [0.5, 0.6) is 0 Å². The average molecular weight is 233 g/mol. The van der Waals surface area contributed by atoms with Crippen molar-refractivity contribution in [3.63, 3.8) is 0 Å². The van der Waals surface area contributed by atoms with Crippen molar-refractivity contribution in [1.29, 1.82) is 0 Å². The smallest absolute Gasteiger partial charge is 0.240 e. The van der Waals surface area contributed by atoms with E-state index in [-0.39, 0.29) is 11.9 Å². The Morgan fingerprint density at radius 2 is 2.00 bits per heavy atom. The first kappa shape index (κ1) is 11.9. The fourth-order valence-corrected chi connectivity index (χ4v) is 2.00. The summed E-state index contributed by atoms with van der Waals surface area (Å²) in [7, 11) is 5.86. The van der Waals surface area contributed by atoms with E-state index >= 15 is 0 Å². The number of nitrogens with one attached hydrogen (secondary N) is 1. The second-order valence-electron chi connectivity index (χ2n) is 4.72. The Bertz CT molecular complexity index is 400. The van der Waals surface area contributed by atoms with Gasteiger partial charge in [0.25, 0.3) is 0 Å². The van der Waals surface area contributed by atoms with Gasteiger partial charge in [-0.2, -0.15) is 0 Å². The predicted octanol–water partition coefficient (Wildman–Crippen LogP) is 0.683. The largest absolute Gasteiger partial charge is 0.378 e. The molecule has 0 spiro atoms. The van der Waals surface area contributed by atoms with Crippen molar-refractivity contribution in [3.8, 4) is 0 Å². The summed E-state index contributed by atoms with van der Waals surface area (Å²) in [6.07, 6.45) is 0.761. The summed E-state index contributed by atoms with van der Waals surface area (Å²) >= 11 is 0. The van der Waals surface area contributed by atoms with Crippen molar-refractivity contribution in [2.75, 3.05) is 32.7 Å². The molecule has 0 unspecified atom stereocenters. The van der Waals surface area contributed by atoms with E-state index in [1.165, 1.54) is 11.3 Å². The van der Waals surface area contributed by atoms with Gasteiger partial charge in [0.1, 0.15) is 0 Å². The molecule has 1 aliphatic heterocycles. The summed E-state index contributed by atoms with van der Waals surface area (Å²) < 4.78 is 0. The van der Waals surface area contributed by atoms with Crippen molar-refractivity contribution < 1.29 is 4.79 Å². The lowest BCUT2D eigenvalue weighted by molar-refractivity contribution is -0.127. The fourth-order valence-electron chi connectivity index (χ4n) is 2.00. The standard InChI is InChI=1S/C13H19N3O/c1-15(2)11-6-4-10(5-7-11)8-12-13(17)16(3)9-14-12/h4-7,12,14H,8-9H2,1-3H3/t12-/m0/s1. The third kappa shape index (κ3) is 2.58. The first-order valence-electron chi connectivity index (χ1n) is 5.82. The minimum absolute atomic E-state index is 0.0646. The molecule has 1 aromatic carbocycles. The summed E-state index contributed by atoms with van der Waals surface area (Å²) in [4.78, 5) is 15.5. The zero-order valence-corrected chi connectivity index (χ0v) is 10.6. The summed E-state index contributed by atoms with van der Waals surface area (Å²) in [6, 6.07) is 8.27. The van der Waals surface area contributed by atoms with Crippen LogP contribution in [0.15, 0.2) is 24.3 Å². The third-order valence-corrected chi connectivity index (χ3v) is 3.14. The highest BCUT2D eigenvalue weighted by Crippen LogP contribution is 2.15. The zero-order chi connectivity index (χ0) is 12.4. The summed E-state index contributed by atoms with van der Waals surface area (Å²) in [5, 5.41) is 3.21. The fraction of sp³-hybridized carbons (Fsp3) is 0.462. The van der Waals surface area contributed by atoms with E-state index in [2.05, 4.69) is 34.5 Å². The molecule has 0 saturated carbocycles. The highest BCUT2D eigenvalue weighted by Gasteiger charge is 2.28. The van der Waals surface area contributed by atoms with Crippen LogP contribution in [0.4, 0.5) is 5.69 Å². The molecule has 1 atom stereocenters. The Hall–Kier alpha value is -1.55. The van der Waals surface area contributed by atoms with Crippen LogP contribution in [0.25, 0.3) is 0 Å². The molecular weight excluding hydrogens is 214 g/mol. The van der Waals surface area contributed by atoms with Gasteiger partial charge in [0.05, 0.1) is 12.7 Å². The Balaban J connectivity index is 2.02. The van der Waals surface area contributed by atoms with Crippen LogP contribution < -0.4 is 10.2 Å². The molecule has 92 valence electrons. The number of benzene rings is 1. The van der Waals surface area contributed by atoms with Gasteiger partial charge < -0.3 is 9.80 Å². The summed E-state index contributed by atoms with van der Waals surface area (Å²) in [6.45, 7) is 0.652. The summed E-state index contributed by atoms with van der Waals surface area (Å²) in [5.74, 6) is 0.182. The molecule has 1 amide bonds. The van der Waals surface area contributed by atoms with Gasteiger partial charge >= 0.3 is 0 Å². The lowest BCUT2D eigenvalue weighted by atomic mass is 10.1. The Morgan fingerprint density at radius 3 is 2.47 bits per heavy atom. The molecule has 1 heterocycles. The maximum Gasteiger partial charge on any atom is 0.240 e. The molecule has 1 aromatic rings. The molecule has 1 aliphatic rings. The quantitative estimate of drug-likeness (QED) is 0.834. The Labute approximate surface area is 102 Å². The van der Waals surface area contributed by atoms with Gasteiger partial charge in [-0.1, -0.05) is 12.1 Å². The number of rotatable bonds is 3. The summed E-state index contributed by atoms with van der Waals surface area (Å²) in [5.41, 5.74) is 2.37. The molecule has 4 nitrogen and oxygen atoms in total. The average Bonchev–Trinajstić information content (AvgIpc) is 2.62. The van der Waals surface area contributed by atoms with E-state index in [0.29, 0.717) is 6.67 Å². The van der Waals surface area contributed by atoms with Crippen molar-refractivity contribution in [3.05, 3.63) is 29.8 Å². The molecule has 0 aromatic heterocycles. The molecule has 1 N–H and O–H groups in total. The van der Waals surface area contributed by atoms with Crippen LogP contribution >= 0.6 is 0 Å². The SMILES string of the molecule is CN1CN[C@@H](Cc2ccc(N(C)C)cc2)C1=O. The van der Waals surface area contributed by atoms with Gasteiger partial charge in [-0.25, -0.2) is 0 Å². The number of hydrogen-bond donors (Lipinski definition) is 1. The normalized spacial score (nSPS) is 19.8. The topological polar surface area (TPSA) is 35.6 Å². The van der Waals surface area contributed by atoms with Crippen LogP contribution in [-0.2, 0) is 11.2 Å². The van der Waals surface area contributed by atoms with Crippen LogP contribution in [0, 0.1) is 0 Å². The molecule has 0 bridgehead atoms. The number of hydrogen-bond acceptors (Lipinski definition) is 3. The van der Waals surface area contributed by atoms with Gasteiger partial charge in [-0.3, -0.25) is 10.1 Å². The van der Waals surface area contributed by atoms with Gasteiger partial charge in [0.15, 0.2) is 0 Å². The molecule has 1 saturated heterocycles. The van der Waals surface area contributed by atoms with Gasteiger partial charge in [0.2, 0.25) is 5.91 Å². The van der Waals surface area contributed by atoms with Crippen LogP contribution in [-0.4, -0.2) is 44.7 Å². The van der Waals surface area contributed by atoms with Crippen LogP contribution in [0.3, 0.4) is 0 Å². The van der Waals surface area contributed by atoms with E-state index in [1.54, 1.807) is 4.90 Å². The van der Waals surface area contributed by atoms with Gasteiger partial charge in [-0.15, -0.1) is 0 Å². The first-order chi connectivity index (χ1) is 8.08. The zero-order valence-electron chi connectivity index (χ0n) is 10.6. The maximum absolute atomic E-state index is 11.7. The van der Waals surface area contributed by atoms with Crippen LogP contribution in [0.2, 0.25) is 0 Å². The second-order valence-corrected chi connectivity index (χ2v) is 4.72. The minimum atomic E-state index is -0.0646. The number of amides is 1. The predicted molar refractivity (Wildman–Crippen MR) is 69.0 cm³/mol. The van der Waals surface area contributed by atoms with E-state index in [9.17, 15) is 4.79 Å². The Morgan fingerprint density at radius 1 is 1.35 bits per heavy atom. The lowest BCUT2D eigenvalue weighted by Gasteiger charge is -2.14. The lowest BCUT2D eigenvalue weighted by Crippen LogP contribution is -2.31. The van der Waals surface area contributed by atoms with Crippen LogP contribution in [0.1, 0.15) is 5.56 Å². The van der Waals surface area contributed by atoms with E-state index in [1.807, 2.05) is 21.1 Å². The van der Waals surface area contributed by atoms with Crippen molar-refractivity contribution in [1.82, 2.24) is 10.2 Å². The number of carbonyl (C=O) groups excluding carboxylic acids is 1. The minimum Gasteiger partial charge on any atom is -0.378 e. The number of anilines is 1. The number of carbonyl (C=O) groups is 1. The molecular formula is C13H19N3O.